The molecule has 1 fully saturated rings. The lowest BCUT2D eigenvalue weighted by Crippen LogP contribution is -2.30. The van der Waals surface area contributed by atoms with Gasteiger partial charge in [0.05, 0.1) is 6.42 Å². The summed E-state index contributed by atoms with van der Waals surface area (Å²) in [7, 11) is 0. The van der Waals surface area contributed by atoms with Crippen LogP contribution in [0.25, 0.3) is 10.8 Å². The van der Waals surface area contributed by atoms with Crippen molar-refractivity contribution in [2.45, 2.75) is 39.0 Å². The number of amides is 1. The average Bonchev–Trinajstić information content (AvgIpc) is 3.16. The van der Waals surface area contributed by atoms with Gasteiger partial charge in [-0.2, -0.15) is 0 Å². The minimum absolute atomic E-state index is 0.269. The van der Waals surface area contributed by atoms with Gasteiger partial charge >= 0.3 is 0 Å². The molecule has 1 amide bonds. The predicted octanol–water partition coefficient (Wildman–Crippen LogP) is 5.73. The van der Waals surface area contributed by atoms with Crippen molar-refractivity contribution in [3.63, 3.8) is 0 Å². The van der Waals surface area contributed by atoms with Crippen molar-refractivity contribution < 1.29 is 4.79 Å². The molecule has 0 radical (unpaired) electrons. The number of nitrogens with zero attached hydrogens (tertiary/aromatic N) is 1. The zero-order valence-electron chi connectivity index (χ0n) is 16.9. The molecular formula is C26H29NO. The molecule has 3 aromatic carbocycles. The lowest BCUT2D eigenvalue weighted by Gasteiger charge is -2.20. The minimum atomic E-state index is 0.269. The molecule has 4 rings (SSSR count). The Morgan fingerprint density at radius 3 is 2.71 bits per heavy atom. The molecule has 0 aromatic heterocycles. The van der Waals surface area contributed by atoms with Gasteiger partial charge in [0.15, 0.2) is 0 Å². The van der Waals surface area contributed by atoms with Gasteiger partial charge in [-0.15, -0.1) is 0 Å². The van der Waals surface area contributed by atoms with Crippen LogP contribution in [-0.4, -0.2) is 23.9 Å². The van der Waals surface area contributed by atoms with Gasteiger partial charge in [0.1, 0.15) is 0 Å². The van der Waals surface area contributed by atoms with E-state index in [0.29, 0.717) is 18.3 Å². The Bertz CT molecular complexity index is 972. The van der Waals surface area contributed by atoms with Crippen molar-refractivity contribution in [3.05, 3.63) is 83.4 Å². The quantitative estimate of drug-likeness (QED) is 0.560. The molecule has 1 aliphatic rings. The third-order valence-electron chi connectivity index (χ3n) is 6.12. The van der Waals surface area contributed by atoms with Gasteiger partial charge in [-0.3, -0.25) is 4.79 Å². The molecule has 144 valence electrons. The Kier molecular flexibility index (Phi) is 5.47. The van der Waals surface area contributed by atoms with Crippen LogP contribution in [0.5, 0.6) is 0 Å². The molecule has 0 unspecified atom stereocenters. The molecule has 2 heteroatoms. The number of carbonyl (C=O) groups excluding carboxylic acids is 1. The summed E-state index contributed by atoms with van der Waals surface area (Å²) >= 11 is 0. The first-order valence-corrected chi connectivity index (χ1v) is 10.4. The Balaban J connectivity index is 1.38. The first kappa shape index (κ1) is 18.7. The maximum atomic E-state index is 12.7. The van der Waals surface area contributed by atoms with E-state index >= 15 is 0 Å². The zero-order valence-corrected chi connectivity index (χ0v) is 16.9. The van der Waals surface area contributed by atoms with E-state index in [1.807, 2.05) is 6.07 Å². The topological polar surface area (TPSA) is 20.3 Å². The van der Waals surface area contributed by atoms with Gasteiger partial charge < -0.3 is 4.90 Å². The van der Waals surface area contributed by atoms with Crippen molar-refractivity contribution in [2.24, 2.45) is 5.92 Å². The second kappa shape index (κ2) is 8.18. The van der Waals surface area contributed by atoms with Crippen LogP contribution < -0.4 is 0 Å². The highest BCUT2D eigenvalue weighted by atomic mass is 16.2. The van der Waals surface area contributed by atoms with Gasteiger partial charge in [-0.05, 0) is 53.5 Å². The number of fused-ring (bicyclic) bond motifs is 1. The maximum absolute atomic E-state index is 12.7. The second-order valence-corrected chi connectivity index (χ2v) is 8.37. The van der Waals surface area contributed by atoms with Crippen molar-refractivity contribution in [1.29, 1.82) is 0 Å². The van der Waals surface area contributed by atoms with E-state index in [1.54, 1.807) is 0 Å². The van der Waals surface area contributed by atoms with E-state index in [0.717, 1.165) is 31.5 Å². The molecule has 2 nitrogen and oxygen atoms in total. The van der Waals surface area contributed by atoms with Crippen molar-refractivity contribution >= 4 is 16.7 Å². The Labute approximate surface area is 168 Å². The number of aryl methyl sites for hydroxylation is 1. The number of hydrogen-bond donors (Lipinski definition) is 0. The number of likely N-dealkylation sites (tertiary alicyclic amines) is 1. The fraction of sp³-hybridized carbons (Fsp3) is 0.346. The largest absolute Gasteiger partial charge is 0.342 e. The lowest BCUT2D eigenvalue weighted by molar-refractivity contribution is -0.129. The molecule has 28 heavy (non-hydrogen) atoms. The van der Waals surface area contributed by atoms with Crippen LogP contribution >= 0.6 is 0 Å². The summed E-state index contributed by atoms with van der Waals surface area (Å²) < 4.78 is 0. The summed E-state index contributed by atoms with van der Waals surface area (Å²) in [5.41, 5.74) is 3.77. The van der Waals surface area contributed by atoms with Crippen LogP contribution in [0.15, 0.2) is 66.7 Å². The zero-order chi connectivity index (χ0) is 19.5. The molecule has 0 saturated carbocycles. The number of carbonyl (C=O) groups is 1. The molecule has 1 aliphatic heterocycles. The summed E-state index contributed by atoms with van der Waals surface area (Å²) in [5.74, 6) is 1.37. The van der Waals surface area contributed by atoms with Crippen LogP contribution in [0.2, 0.25) is 0 Å². The van der Waals surface area contributed by atoms with E-state index in [4.69, 9.17) is 0 Å². The highest BCUT2D eigenvalue weighted by Gasteiger charge is 2.27. The Morgan fingerprint density at radius 1 is 1.07 bits per heavy atom. The van der Waals surface area contributed by atoms with Crippen molar-refractivity contribution in [1.82, 2.24) is 4.90 Å². The fourth-order valence-corrected chi connectivity index (χ4v) is 4.67. The van der Waals surface area contributed by atoms with Gasteiger partial charge in [-0.1, -0.05) is 79.2 Å². The number of hydrogen-bond acceptors (Lipinski definition) is 1. The van der Waals surface area contributed by atoms with Crippen molar-refractivity contribution in [2.75, 3.05) is 13.1 Å². The van der Waals surface area contributed by atoms with Gasteiger partial charge in [0.2, 0.25) is 5.91 Å². The molecule has 0 bridgehead atoms. The Morgan fingerprint density at radius 2 is 1.86 bits per heavy atom. The average molecular weight is 372 g/mol. The first-order valence-electron chi connectivity index (χ1n) is 10.4. The third-order valence-corrected chi connectivity index (χ3v) is 6.12. The highest BCUT2D eigenvalue weighted by Crippen LogP contribution is 2.33. The smallest absolute Gasteiger partial charge is 0.226 e. The second-order valence-electron chi connectivity index (χ2n) is 8.37. The minimum Gasteiger partial charge on any atom is -0.342 e. The van der Waals surface area contributed by atoms with Crippen LogP contribution in [0, 0.1) is 12.8 Å². The molecule has 2 atom stereocenters. The fourth-order valence-electron chi connectivity index (χ4n) is 4.67. The highest BCUT2D eigenvalue weighted by molar-refractivity contribution is 5.86. The maximum Gasteiger partial charge on any atom is 0.226 e. The summed E-state index contributed by atoms with van der Waals surface area (Å²) in [6, 6.07) is 23.6. The summed E-state index contributed by atoms with van der Waals surface area (Å²) in [6.45, 7) is 6.21. The van der Waals surface area contributed by atoms with E-state index in [-0.39, 0.29) is 5.91 Å². The monoisotopic (exact) mass is 371 g/mol. The van der Waals surface area contributed by atoms with E-state index < -0.39 is 0 Å². The predicted molar refractivity (Wildman–Crippen MR) is 117 cm³/mol. The first-order chi connectivity index (χ1) is 13.6. The molecule has 1 heterocycles. The van der Waals surface area contributed by atoms with Gasteiger partial charge in [-0.25, -0.2) is 0 Å². The molecule has 3 aromatic rings. The van der Waals surface area contributed by atoms with E-state index in [9.17, 15) is 4.79 Å². The number of benzene rings is 3. The van der Waals surface area contributed by atoms with Crippen LogP contribution in [0.3, 0.4) is 0 Å². The Hall–Kier alpha value is -2.61. The number of rotatable bonds is 5. The van der Waals surface area contributed by atoms with Crippen LogP contribution in [0.4, 0.5) is 0 Å². The van der Waals surface area contributed by atoms with Crippen LogP contribution in [-0.2, 0) is 11.2 Å². The molecule has 0 N–H and O–H groups in total. The van der Waals surface area contributed by atoms with Crippen LogP contribution in [0.1, 0.15) is 42.4 Å². The molecule has 1 saturated heterocycles. The summed E-state index contributed by atoms with van der Waals surface area (Å²) in [6.07, 6.45) is 2.78. The molecular weight excluding hydrogens is 342 g/mol. The normalized spacial score (nSPS) is 17.8. The van der Waals surface area contributed by atoms with Gasteiger partial charge in [0, 0.05) is 13.1 Å². The molecule has 0 spiro atoms. The molecule has 0 aliphatic carbocycles. The summed E-state index contributed by atoms with van der Waals surface area (Å²) in [5, 5.41) is 2.68. The SMILES string of the molecule is Cc1cccc(CC(=O)N2CC[C@H](C[C@H](C)c3cccc4ccccc34)C2)c1. The van der Waals surface area contributed by atoms with Gasteiger partial charge in [0.25, 0.3) is 0 Å². The standard InChI is InChI=1S/C26H29NO/c1-19-7-5-8-21(15-19)17-26(28)27-14-13-22(18-27)16-20(2)24-12-6-10-23-9-3-4-11-25(23)24/h3-12,15,20,22H,13-14,16-18H2,1-2H3/t20-,22+/m0/s1. The van der Waals surface area contributed by atoms with Crippen molar-refractivity contribution in [3.8, 4) is 0 Å². The van der Waals surface area contributed by atoms with E-state index in [1.165, 1.54) is 21.9 Å². The van der Waals surface area contributed by atoms with E-state index in [2.05, 4.69) is 79.4 Å². The lowest BCUT2D eigenvalue weighted by atomic mass is 9.87. The summed E-state index contributed by atoms with van der Waals surface area (Å²) in [4.78, 5) is 14.8. The third kappa shape index (κ3) is 4.11.